The fourth-order valence-corrected chi connectivity index (χ4v) is 2.74. The Balaban J connectivity index is 1.92. The molecule has 7 nitrogen and oxygen atoms in total. The van der Waals surface area contributed by atoms with E-state index in [1.54, 1.807) is 11.8 Å². The van der Waals surface area contributed by atoms with Gasteiger partial charge >= 0.3 is 5.97 Å². The number of nitrogens with zero attached hydrogens (tertiary/aromatic N) is 4. The van der Waals surface area contributed by atoms with Gasteiger partial charge in [0.2, 0.25) is 0 Å². The van der Waals surface area contributed by atoms with Crippen molar-refractivity contribution in [1.82, 2.24) is 20.2 Å². The van der Waals surface area contributed by atoms with Crippen LogP contribution in [0.15, 0.2) is 22.7 Å². The first kappa shape index (κ1) is 14.0. The number of carbonyl (C=O) groups is 1. The van der Waals surface area contributed by atoms with Crippen molar-refractivity contribution in [2.45, 2.75) is 19.4 Å². The summed E-state index contributed by atoms with van der Waals surface area (Å²) < 4.78 is 7.53. The van der Waals surface area contributed by atoms with Gasteiger partial charge in [-0.25, -0.2) is 4.68 Å². The molecule has 8 heteroatoms. The highest BCUT2D eigenvalue weighted by atomic mass is 79.9. The number of aromatic nitrogens is 4. The molecule has 0 aliphatic heterocycles. The Morgan fingerprint density at radius 1 is 1.52 bits per heavy atom. The van der Waals surface area contributed by atoms with Crippen LogP contribution in [0, 0.1) is 5.41 Å². The number of aliphatic carboxylic acids is 1. The minimum Gasteiger partial charge on any atom is -0.496 e. The van der Waals surface area contributed by atoms with E-state index in [0.29, 0.717) is 24.4 Å². The van der Waals surface area contributed by atoms with Crippen LogP contribution in [0.5, 0.6) is 5.75 Å². The minimum absolute atomic E-state index is 0.286. The summed E-state index contributed by atoms with van der Waals surface area (Å²) in [6, 6.07) is 5.50. The highest BCUT2D eigenvalue weighted by Crippen LogP contribution is 2.47. The molecule has 1 saturated carbocycles. The molecule has 0 unspecified atom stereocenters. The van der Waals surface area contributed by atoms with Crippen LogP contribution >= 0.6 is 15.9 Å². The van der Waals surface area contributed by atoms with Gasteiger partial charge in [0, 0.05) is 5.56 Å². The molecule has 1 aliphatic carbocycles. The third kappa shape index (κ3) is 2.51. The molecule has 3 rings (SSSR count). The van der Waals surface area contributed by atoms with Gasteiger partial charge in [-0.05, 0) is 57.4 Å². The van der Waals surface area contributed by atoms with E-state index >= 15 is 0 Å². The summed E-state index contributed by atoms with van der Waals surface area (Å²) in [5.41, 5.74) is 0.0854. The van der Waals surface area contributed by atoms with Crippen molar-refractivity contribution in [3.8, 4) is 17.1 Å². The molecule has 21 heavy (non-hydrogen) atoms. The molecule has 0 saturated heterocycles. The molecule has 1 fully saturated rings. The van der Waals surface area contributed by atoms with Gasteiger partial charge in [-0.15, -0.1) is 5.10 Å². The van der Waals surface area contributed by atoms with Gasteiger partial charge in [0.25, 0.3) is 0 Å². The van der Waals surface area contributed by atoms with E-state index in [-0.39, 0.29) is 6.54 Å². The second-order valence-corrected chi connectivity index (χ2v) is 5.95. The van der Waals surface area contributed by atoms with E-state index < -0.39 is 11.4 Å². The van der Waals surface area contributed by atoms with Gasteiger partial charge in [-0.2, -0.15) is 0 Å². The van der Waals surface area contributed by atoms with Gasteiger partial charge in [0.05, 0.1) is 23.5 Å². The first-order valence-electron chi connectivity index (χ1n) is 6.39. The predicted octanol–water partition coefficient (Wildman–Crippen LogP) is 1.98. The SMILES string of the molecule is COc1ccc(-c2nnnn2CC2(C(=O)O)CC2)cc1Br. The summed E-state index contributed by atoms with van der Waals surface area (Å²) >= 11 is 3.42. The molecule has 0 spiro atoms. The van der Waals surface area contributed by atoms with Crippen molar-refractivity contribution in [2.24, 2.45) is 5.41 Å². The zero-order valence-electron chi connectivity index (χ0n) is 11.3. The number of carboxylic acid groups (broad SMARTS) is 1. The normalized spacial score (nSPS) is 15.7. The number of halogens is 1. The van der Waals surface area contributed by atoms with Crippen molar-refractivity contribution in [3.05, 3.63) is 22.7 Å². The zero-order valence-corrected chi connectivity index (χ0v) is 12.9. The molecule has 110 valence electrons. The lowest BCUT2D eigenvalue weighted by Gasteiger charge is -2.11. The van der Waals surface area contributed by atoms with Crippen molar-refractivity contribution < 1.29 is 14.6 Å². The van der Waals surface area contributed by atoms with Crippen LogP contribution < -0.4 is 4.74 Å². The molecule has 1 aromatic carbocycles. The van der Waals surface area contributed by atoms with Crippen LogP contribution in [-0.4, -0.2) is 38.4 Å². The van der Waals surface area contributed by atoms with Crippen LogP contribution in [0.25, 0.3) is 11.4 Å². The number of carboxylic acids is 1. The average molecular weight is 353 g/mol. The molecule has 1 aromatic heterocycles. The van der Waals surface area contributed by atoms with Crippen LogP contribution in [-0.2, 0) is 11.3 Å². The molecule has 0 radical (unpaired) electrons. The number of tetrazole rings is 1. The van der Waals surface area contributed by atoms with E-state index in [1.165, 1.54) is 0 Å². The summed E-state index contributed by atoms with van der Waals surface area (Å²) in [6.45, 7) is 0.286. The lowest BCUT2D eigenvalue weighted by Crippen LogP contribution is -2.22. The maximum atomic E-state index is 11.3. The maximum Gasteiger partial charge on any atom is 0.311 e. The Kier molecular flexibility index (Phi) is 3.40. The van der Waals surface area contributed by atoms with E-state index in [1.807, 2.05) is 18.2 Å². The fraction of sp³-hybridized carbons (Fsp3) is 0.385. The number of rotatable bonds is 5. The van der Waals surface area contributed by atoms with Crippen LogP contribution in [0.1, 0.15) is 12.8 Å². The van der Waals surface area contributed by atoms with Gasteiger partial charge in [-0.1, -0.05) is 0 Å². The predicted molar refractivity (Wildman–Crippen MR) is 76.8 cm³/mol. The lowest BCUT2D eigenvalue weighted by atomic mass is 10.1. The van der Waals surface area contributed by atoms with E-state index in [2.05, 4.69) is 31.5 Å². The Morgan fingerprint density at radius 3 is 2.86 bits per heavy atom. The molecule has 0 amide bonds. The number of hydrogen-bond donors (Lipinski definition) is 1. The van der Waals surface area contributed by atoms with E-state index in [4.69, 9.17) is 4.74 Å². The molecule has 0 bridgehead atoms. The highest BCUT2D eigenvalue weighted by Gasteiger charge is 2.51. The molecule has 1 aliphatic rings. The quantitative estimate of drug-likeness (QED) is 0.884. The van der Waals surface area contributed by atoms with E-state index in [9.17, 15) is 9.90 Å². The second kappa shape index (κ2) is 5.10. The van der Waals surface area contributed by atoms with Crippen molar-refractivity contribution >= 4 is 21.9 Å². The number of hydrogen-bond acceptors (Lipinski definition) is 5. The summed E-state index contributed by atoms with van der Waals surface area (Å²) in [4.78, 5) is 11.3. The molecular weight excluding hydrogens is 340 g/mol. The largest absolute Gasteiger partial charge is 0.496 e. The third-order valence-electron chi connectivity index (χ3n) is 3.70. The van der Waals surface area contributed by atoms with Crippen molar-refractivity contribution in [3.63, 3.8) is 0 Å². The van der Waals surface area contributed by atoms with Crippen LogP contribution in [0.4, 0.5) is 0 Å². The van der Waals surface area contributed by atoms with Gasteiger partial charge in [0.1, 0.15) is 5.75 Å². The summed E-state index contributed by atoms with van der Waals surface area (Å²) in [5, 5.41) is 20.9. The number of benzene rings is 1. The Bertz CT molecular complexity index is 696. The molecular formula is C13H13BrN4O3. The van der Waals surface area contributed by atoms with Crippen LogP contribution in [0.2, 0.25) is 0 Å². The van der Waals surface area contributed by atoms with Gasteiger partial charge in [0.15, 0.2) is 5.82 Å². The maximum absolute atomic E-state index is 11.3. The Morgan fingerprint density at radius 2 is 2.29 bits per heavy atom. The lowest BCUT2D eigenvalue weighted by molar-refractivity contribution is -0.144. The first-order chi connectivity index (χ1) is 10.1. The monoisotopic (exact) mass is 352 g/mol. The Hall–Kier alpha value is -1.96. The number of ether oxygens (including phenoxy) is 1. The zero-order chi connectivity index (χ0) is 15.0. The molecule has 2 aromatic rings. The van der Waals surface area contributed by atoms with Crippen LogP contribution in [0.3, 0.4) is 0 Å². The molecule has 1 N–H and O–H groups in total. The molecule has 1 heterocycles. The standard InChI is InChI=1S/C13H13BrN4O3/c1-21-10-3-2-8(6-9(10)14)11-15-16-17-18(11)7-13(4-5-13)12(19)20/h2-3,6H,4-5,7H2,1H3,(H,19,20). The summed E-state index contributed by atoms with van der Waals surface area (Å²) in [5.74, 6) is 0.465. The third-order valence-corrected chi connectivity index (χ3v) is 4.32. The first-order valence-corrected chi connectivity index (χ1v) is 7.18. The second-order valence-electron chi connectivity index (χ2n) is 5.09. The fourth-order valence-electron chi connectivity index (χ4n) is 2.20. The van der Waals surface area contributed by atoms with E-state index in [0.717, 1.165) is 10.0 Å². The van der Waals surface area contributed by atoms with Gasteiger partial charge < -0.3 is 9.84 Å². The topological polar surface area (TPSA) is 90.1 Å². The summed E-state index contributed by atoms with van der Waals surface area (Å²) in [7, 11) is 1.59. The van der Waals surface area contributed by atoms with Gasteiger partial charge in [-0.3, -0.25) is 4.79 Å². The van der Waals surface area contributed by atoms with Crippen molar-refractivity contribution in [2.75, 3.05) is 7.11 Å². The Labute approximate surface area is 129 Å². The summed E-state index contributed by atoms with van der Waals surface area (Å²) in [6.07, 6.45) is 1.32. The highest BCUT2D eigenvalue weighted by molar-refractivity contribution is 9.10. The van der Waals surface area contributed by atoms with Crippen molar-refractivity contribution in [1.29, 1.82) is 0 Å². The molecule has 0 atom stereocenters. The number of methoxy groups -OCH3 is 1. The minimum atomic E-state index is -0.792. The smallest absolute Gasteiger partial charge is 0.311 e. The average Bonchev–Trinajstić information content (AvgIpc) is 3.10.